The first-order chi connectivity index (χ1) is 11.1. The van der Waals surface area contributed by atoms with Gasteiger partial charge in [0.2, 0.25) is 5.91 Å². The summed E-state index contributed by atoms with van der Waals surface area (Å²) in [5.74, 6) is 0.570. The van der Waals surface area contributed by atoms with E-state index in [2.05, 4.69) is 15.3 Å². The smallest absolute Gasteiger partial charge is 0.307 e. The molecular formula is C15H15N5O2S. The van der Waals surface area contributed by atoms with Gasteiger partial charge in [-0.2, -0.15) is 0 Å². The second-order valence-corrected chi connectivity index (χ2v) is 5.79. The Labute approximate surface area is 136 Å². The van der Waals surface area contributed by atoms with Crippen molar-refractivity contribution in [3.05, 3.63) is 57.8 Å². The van der Waals surface area contributed by atoms with Crippen molar-refractivity contribution in [2.24, 2.45) is 0 Å². The maximum absolute atomic E-state index is 12.0. The van der Waals surface area contributed by atoms with Gasteiger partial charge in [-0.3, -0.25) is 14.2 Å². The monoisotopic (exact) mass is 329 g/mol. The number of carbonyl (C=O) groups excluding carboxylic acids is 1. The quantitative estimate of drug-likeness (QED) is 0.774. The topological polar surface area (TPSA) is 81.8 Å². The third kappa shape index (κ3) is 3.54. The summed E-state index contributed by atoms with van der Waals surface area (Å²) >= 11 is 1.15. The van der Waals surface area contributed by atoms with Crippen molar-refractivity contribution in [2.45, 2.75) is 19.9 Å². The van der Waals surface area contributed by atoms with Gasteiger partial charge in [0.05, 0.1) is 11.9 Å². The summed E-state index contributed by atoms with van der Waals surface area (Å²) in [5, 5.41) is 4.57. The van der Waals surface area contributed by atoms with Crippen molar-refractivity contribution < 1.29 is 4.79 Å². The van der Waals surface area contributed by atoms with Crippen molar-refractivity contribution in [2.75, 3.05) is 5.32 Å². The fourth-order valence-electron chi connectivity index (χ4n) is 2.12. The Hall–Kier alpha value is -2.74. The number of hydrogen-bond acceptors (Lipinski definition) is 5. The fourth-order valence-corrected chi connectivity index (χ4v) is 2.88. The third-order valence-electron chi connectivity index (χ3n) is 3.34. The Morgan fingerprint density at radius 2 is 2.26 bits per heavy atom. The molecular weight excluding hydrogens is 314 g/mol. The number of carbonyl (C=O) groups is 1. The lowest BCUT2D eigenvalue weighted by molar-refractivity contribution is -0.116. The van der Waals surface area contributed by atoms with E-state index in [1.54, 1.807) is 51.6 Å². The van der Waals surface area contributed by atoms with Gasteiger partial charge in [0.25, 0.3) is 0 Å². The van der Waals surface area contributed by atoms with Crippen LogP contribution in [0.2, 0.25) is 0 Å². The first-order valence-electron chi connectivity index (χ1n) is 7.02. The van der Waals surface area contributed by atoms with Crippen LogP contribution in [0.25, 0.3) is 5.82 Å². The van der Waals surface area contributed by atoms with E-state index in [-0.39, 0.29) is 17.2 Å². The first kappa shape index (κ1) is 15.2. The second kappa shape index (κ2) is 6.57. The lowest BCUT2D eigenvalue weighted by Crippen LogP contribution is -2.20. The number of rotatable bonds is 5. The van der Waals surface area contributed by atoms with Crippen LogP contribution < -0.4 is 10.2 Å². The zero-order valence-electron chi connectivity index (χ0n) is 12.5. The van der Waals surface area contributed by atoms with E-state index in [4.69, 9.17) is 0 Å². The molecule has 0 aliphatic heterocycles. The van der Waals surface area contributed by atoms with Gasteiger partial charge < -0.3 is 9.88 Å². The highest BCUT2D eigenvalue weighted by Crippen LogP contribution is 2.10. The van der Waals surface area contributed by atoms with Crippen molar-refractivity contribution in [3.63, 3.8) is 0 Å². The predicted octanol–water partition coefficient (Wildman–Crippen LogP) is 1.83. The molecule has 1 N–H and O–H groups in total. The maximum atomic E-state index is 12.0. The summed E-state index contributed by atoms with van der Waals surface area (Å²) in [4.78, 5) is 31.8. The number of amides is 1. The van der Waals surface area contributed by atoms with Gasteiger partial charge in [-0.25, -0.2) is 9.97 Å². The Morgan fingerprint density at radius 3 is 2.87 bits per heavy atom. The fraction of sp³-hybridized carbons (Fsp3) is 0.200. The molecule has 3 aromatic rings. The van der Waals surface area contributed by atoms with Crippen LogP contribution in [0.15, 0.2) is 47.2 Å². The molecule has 0 bridgehead atoms. The highest BCUT2D eigenvalue weighted by atomic mass is 32.1. The van der Waals surface area contributed by atoms with Crippen LogP contribution in [0, 0.1) is 6.92 Å². The second-order valence-electron chi connectivity index (χ2n) is 4.97. The van der Waals surface area contributed by atoms with E-state index >= 15 is 0 Å². The molecule has 118 valence electrons. The number of aromatic nitrogens is 4. The molecule has 3 heterocycles. The Kier molecular flexibility index (Phi) is 4.33. The molecule has 8 heteroatoms. The summed E-state index contributed by atoms with van der Waals surface area (Å²) in [5.41, 5.74) is 1.49. The lowest BCUT2D eigenvalue weighted by atomic mass is 10.3. The molecule has 3 rings (SSSR count). The van der Waals surface area contributed by atoms with Crippen LogP contribution >= 0.6 is 11.3 Å². The Morgan fingerprint density at radius 1 is 1.39 bits per heavy atom. The largest absolute Gasteiger partial charge is 0.325 e. The van der Waals surface area contributed by atoms with Crippen LogP contribution in [0.4, 0.5) is 5.69 Å². The summed E-state index contributed by atoms with van der Waals surface area (Å²) < 4.78 is 3.38. The standard InChI is InChI=1S/C15H15N5O2S/c1-11-9-23-15(22)20(11)6-4-14(21)18-12-2-3-13(17-8-12)19-7-5-16-10-19/h2-3,5,7-10H,4,6H2,1H3,(H,18,21). The van der Waals surface area contributed by atoms with Gasteiger partial charge in [-0.05, 0) is 19.1 Å². The van der Waals surface area contributed by atoms with Crippen LogP contribution in [0.3, 0.4) is 0 Å². The Bertz CT molecular complexity index is 849. The highest BCUT2D eigenvalue weighted by molar-refractivity contribution is 7.07. The summed E-state index contributed by atoms with van der Waals surface area (Å²) in [6.07, 6.45) is 6.95. The zero-order chi connectivity index (χ0) is 16.2. The number of nitrogens with zero attached hydrogens (tertiary/aromatic N) is 4. The van der Waals surface area contributed by atoms with E-state index in [1.807, 2.05) is 6.92 Å². The van der Waals surface area contributed by atoms with Crippen LogP contribution in [-0.4, -0.2) is 25.0 Å². The van der Waals surface area contributed by atoms with Gasteiger partial charge in [0, 0.05) is 36.4 Å². The van der Waals surface area contributed by atoms with E-state index < -0.39 is 0 Å². The molecule has 3 aromatic heterocycles. The van der Waals surface area contributed by atoms with Crippen LogP contribution in [0.5, 0.6) is 0 Å². The van der Waals surface area contributed by atoms with Gasteiger partial charge in [0.15, 0.2) is 0 Å². The van der Waals surface area contributed by atoms with Gasteiger partial charge in [-0.1, -0.05) is 11.3 Å². The van der Waals surface area contributed by atoms with Crippen molar-refractivity contribution in [3.8, 4) is 5.82 Å². The number of thiazole rings is 1. The SMILES string of the molecule is Cc1csc(=O)n1CCC(=O)Nc1ccc(-n2ccnc2)nc1. The van der Waals surface area contributed by atoms with Crippen molar-refractivity contribution >= 4 is 22.9 Å². The Balaban J connectivity index is 1.59. The number of pyridine rings is 1. The minimum Gasteiger partial charge on any atom is -0.325 e. The number of hydrogen-bond donors (Lipinski definition) is 1. The average Bonchev–Trinajstić information content (AvgIpc) is 3.17. The normalized spacial score (nSPS) is 10.7. The molecule has 0 aromatic carbocycles. The van der Waals surface area contributed by atoms with E-state index in [9.17, 15) is 9.59 Å². The van der Waals surface area contributed by atoms with Crippen LogP contribution in [0.1, 0.15) is 12.1 Å². The molecule has 23 heavy (non-hydrogen) atoms. The molecule has 0 radical (unpaired) electrons. The molecule has 0 fully saturated rings. The number of imidazole rings is 1. The number of anilines is 1. The molecule has 0 aliphatic rings. The predicted molar refractivity (Wildman–Crippen MR) is 87.9 cm³/mol. The molecule has 0 saturated heterocycles. The van der Waals surface area contributed by atoms with E-state index in [0.29, 0.717) is 12.2 Å². The summed E-state index contributed by atoms with van der Waals surface area (Å²) in [6.45, 7) is 2.23. The lowest BCUT2D eigenvalue weighted by Gasteiger charge is -2.07. The van der Waals surface area contributed by atoms with E-state index in [1.165, 1.54) is 0 Å². The summed E-state index contributed by atoms with van der Waals surface area (Å²) in [6, 6.07) is 3.58. The van der Waals surface area contributed by atoms with Crippen molar-refractivity contribution in [1.29, 1.82) is 0 Å². The van der Waals surface area contributed by atoms with Gasteiger partial charge >= 0.3 is 4.87 Å². The minimum absolute atomic E-state index is 0.0401. The molecule has 0 spiro atoms. The number of nitrogens with one attached hydrogen (secondary N) is 1. The molecule has 0 unspecified atom stereocenters. The van der Waals surface area contributed by atoms with E-state index in [0.717, 1.165) is 22.8 Å². The third-order valence-corrected chi connectivity index (χ3v) is 4.22. The van der Waals surface area contributed by atoms with Gasteiger partial charge in [0.1, 0.15) is 12.1 Å². The minimum atomic E-state index is -0.153. The number of aryl methyl sites for hydroxylation is 1. The molecule has 1 amide bonds. The average molecular weight is 329 g/mol. The zero-order valence-corrected chi connectivity index (χ0v) is 13.3. The first-order valence-corrected chi connectivity index (χ1v) is 7.90. The van der Waals surface area contributed by atoms with Gasteiger partial charge in [-0.15, -0.1) is 0 Å². The van der Waals surface area contributed by atoms with Crippen molar-refractivity contribution in [1.82, 2.24) is 19.1 Å². The maximum Gasteiger partial charge on any atom is 0.307 e. The van der Waals surface area contributed by atoms with Crippen LogP contribution in [-0.2, 0) is 11.3 Å². The molecule has 7 nitrogen and oxygen atoms in total. The molecule has 0 atom stereocenters. The summed E-state index contributed by atoms with van der Waals surface area (Å²) in [7, 11) is 0. The molecule has 0 saturated carbocycles. The molecule has 0 aliphatic carbocycles. The highest BCUT2D eigenvalue weighted by Gasteiger charge is 2.07.